The SMILES string of the molecule is C=CCSCCNCC(C)(C)S(C)(=O)=O. The van der Waals surface area contributed by atoms with Gasteiger partial charge in [0.25, 0.3) is 0 Å². The maximum Gasteiger partial charge on any atom is 0.153 e. The first-order valence-electron chi connectivity index (χ1n) is 4.90. The maximum absolute atomic E-state index is 11.4. The average Bonchev–Trinajstić information content (AvgIpc) is 2.09. The number of nitrogens with one attached hydrogen (secondary N) is 1. The van der Waals surface area contributed by atoms with Gasteiger partial charge >= 0.3 is 0 Å². The smallest absolute Gasteiger partial charge is 0.153 e. The minimum absolute atomic E-state index is 0.500. The second kappa shape index (κ2) is 6.55. The van der Waals surface area contributed by atoms with E-state index in [1.165, 1.54) is 6.26 Å². The Morgan fingerprint density at radius 1 is 1.47 bits per heavy atom. The molecular weight excluding hydrogens is 230 g/mol. The first-order chi connectivity index (χ1) is 6.81. The molecule has 0 radical (unpaired) electrons. The zero-order valence-corrected chi connectivity index (χ0v) is 11.4. The van der Waals surface area contributed by atoms with Crippen LogP contribution in [0.5, 0.6) is 0 Å². The van der Waals surface area contributed by atoms with Crippen molar-refractivity contribution < 1.29 is 8.42 Å². The Morgan fingerprint density at radius 3 is 2.53 bits per heavy atom. The summed E-state index contributed by atoms with van der Waals surface area (Å²) in [6, 6.07) is 0. The Labute approximate surface area is 97.6 Å². The lowest BCUT2D eigenvalue weighted by Gasteiger charge is -2.22. The molecule has 0 unspecified atom stereocenters. The Morgan fingerprint density at radius 2 is 2.07 bits per heavy atom. The fourth-order valence-electron chi connectivity index (χ4n) is 0.832. The molecule has 0 aliphatic heterocycles. The highest BCUT2D eigenvalue weighted by Gasteiger charge is 2.29. The molecule has 0 aliphatic rings. The molecule has 90 valence electrons. The molecule has 0 fully saturated rings. The molecule has 1 N–H and O–H groups in total. The summed E-state index contributed by atoms with van der Waals surface area (Å²) in [6.07, 6.45) is 3.15. The van der Waals surface area contributed by atoms with Crippen molar-refractivity contribution in [2.24, 2.45) is 0 Å². The van der Waals surface area contributed by atoms with Crippen LogP contribution < -0.4 is 5.32 Å². The summed E-state index contributed by atoms with van der Waals surface area (Å²) < 4.78 is 22.0. The number of sulfone groups is 1. The van der Waals surface area contributed by atoms with Crippen LogP contribution in [0.3, 0.4) is 0 Å². The molecule has 0 aliphatic carbocycles. The van der Waals surface area contributed by atoms with Gasteiger partial charge in [-0.2, -0.15) is 11.8 Å². The van der Waals surface area contributed by atoms with Crippen LogP contribution in [-0.4, -0.2) is 44.0 Å². The van der Waals surface area contributed by atoms with Crippen LogP contribution in [0.15, 0.2) is 12.7 Å². The summed E-state index contributed by atoms with van der Waals surface area (Å²) in [7, 11) is -2.99. The molecule has 0 aromatic heterocycles. The minimum atomic E-state index is -2.99. The first kappa shape index (κ1) is 15.0. The van der Waals surface area contributed by atoms with Crippen molar-refractivity contribution in [2.75, 3.05) is 30.9 Å². The molecule has 0 aromatic rings. The van der Waals surface area contributed by atoms with Gasteiger partial charge in [-0.1, -0.05) is 6.08 Å². The molecule has 0 spiro atoms. The van der Waals surface area contributed by atoms with Gasteiger partial charge in [-0.3, -0.25) is 0 Å². The monoisotopic (exact) mass is 251 g/mol. The number of hydrogen-bond acceptors (Lipinski definition) is 4. The van der Waals surface area contributed by atoms with Gasteiger partial charge in [0, 0.05) is 30.9 Å². The van der Waals surface area contributed by atoms with E-state index in [0.717, 1.165) is 18.1 Å². The topological polar surface area (TPSA) is 46.2 Å². The molecule has 0 saturated carbocycles. The third-order valence-corrected chi connectivity index (χ3v) is 5.33. The normalized spacial score (nSPS) is 12.7. The van der Waals surface area contributed by atoms with Crippen LogP contribution in [0, 0.1) is 0 Å². The minimum Gasteiger partial charge on any atom is -0.314 e. The van der Waals surface area contributed by atoms with E-state index in [0.29, 0.717) is 6.54 Å². The van der Waals surface area contributed by atoms with Crippen molar-refractivity contribution in [1.29, 1.82) is 0 Å². The second-order valence-corrected chi connectivity index (χ2v) is 7.87. The van der Waals surface area contributed by atoms with E-state index < -0.39 is 14.6 Å². The van der Waals surface area contributed by atoms with E-state index in [1.807, 2.05) is 6.08 Å². The van der Waals surface area contributed by atoms with Crippen LogP contribution >= 0.6 is 11.8 Å². The Kier molecular flexibility index (Phi) is 6.55. The molecule has 0 saturated heterocycles. The summed E-state index contributed by atoms with van der Waals surface area (Å²) in [5.74, 6) is 1.92. The second-order valence-electron chi connectivity index (χ2n) is 4.07. The zero-order valence-electron chi connectivity index (χ0n) is 9.75. The zero-order chi connectivity index (χ0) is 11.9. The standard InChI is InChI=1S/C10H21NO2S2/c1-5-7-14-8-6-11-9-10(2,3)15(4,12)13/h5,11H,1,6-9H2,2-4H3. The van der Waals surface area contributed by atoms with Gasteiger partial charge in [0.1, 0.15) is 0 Å². The molecule has 5 heteroatoms. The van der Waals surface area contributed by atoms with Crippen LogP contribution in [0.4, 0.5) is 0 Å². The number of hydrogen-bond donors (Lipinski definition) is 1. The van der Waals surface area contributed by atoms with Gasteiger partial charge < -0.3 is 5.32 Å². The lowest BCUT2D eigenvalue weighted by molar-refractivity contribution is 0.528. The molecule has 0 amide bonds. The maximum atomic E-state index is 11.4. The average molecular weight is 251 g/mol. The first-order valence-corrected chi connectivity index (χ1v) is 7.95. The van der Waals surface area contributed by atoms with Crippen molar-refractivity contribution >= 4 is 21.6 Å². The summed E-state index contributed by atoms with van der Waals surface area (Å²) in [5.41, 5.74) is 0. The van der Waals surface area contributed by atoms with Gasteiger partial charge in [0.05, 0.1) is 4.75 Å². The summed E-state index contributed by atoms with van der Waals surface area (Å²) >= 11 is 1.78. The van der Waals surface area contributed by atoms with Crippen molar-refractivity contribution in [1.82, 2.24) is 5.32 Å². The van der Waals surface area contributed by atoms with E-state index >= 15 is 0 Å². The van der Waals surface area contributed by atoms with Crippen LogP contribution in [0.2, 0.25) is 0 Å². The molecule has 0 heterocycles. The lowest BCUT2D eigenvalue weighted by Crippen LogP contribution is -2.42. The number of thioether (sulfide) groups is 1. The van der Waals surface area contributed by atoms with Crippen LogP contribution in [0.1, 0.15) is 13.8 Å². The summed E-state index contributed by atoms with van der Waals surface area (Å²) in [4.78, 5) is 0. The Hall–Kier alpha value is -0.0000000000000000555. The highest BCUT2D eigenvalue weighted by Crippen LogP contribution is 2.13. The molecule has 0 bridgehead atoms. The summed E-state index contributed by atoms with van der Waals surface area (Å²) in [5, 5.41) is 3.16. The predicted octanol–water partition coefficient (Wildman–Crippen LogP) is 1.32. The van der Waals surface area contributed by atoms with E-state index in [-0.39, 0.29) is 0 Å². The fraction of sp³-hybridized carbons (Fsp3) is 0.800. The van der Waals surface area contributed by atoms with Crippen LogP contribution in [0.25, 0.3) is 0 Å². The third-order valence-electron chi connectivity index (χ3n) is 2.21. The van der Waals surface area contributed by atoms with E-state index in [9.17, 15) is 8.42 Å². The predicted molar refractivity (Wildman–Crippen MR) is 69.3 cm³/mol. The Balaban J connectivity index is 3.72. The lowest BCUT2D eigenvalue weighted by atomic mass is 10.2. The van der Waals surface area contributed by atoms with Crippen LogP contribution in [-0.2, 0) is 9.84 Å². The Bertz CT molecular complexity index is 284. The van der Waals surface area contributed by atoms with E-state index in [4.69, 9.17) is 0 Å². The van der Waals surface area contributed by atoms with E-state index in [2.05, 4.69) is 11.9 Å². The largest absolute Gasteiger partial charge is 0.314 e. The van der Waals surface area contributed by atoms with Crippen molar-refractivity contribution in [3.05, 3.63) is 12.7 Å². The summed E-state index contributed by atoms with van der Waals surface area (Å²) in [6.45, 7) is 8.45. The van der Waals surface area contributed by atoms with Crippen molar-refractivity contribution in [3.8, 4) is 0 Å². The van der Waals surface area contributed by atoms with Gasteiger partial charge in [-0.25, -0.2) is 8.42 Å². The van der Waals surface area contributed by atoms with Gasteiger partial charge in [-0.05, 0) is 13.8 Å². The fourth-order valence-corrected chi connectivity index (χ4v) is 1.82. The van der Waals surface area contributed by atoms with Gasteiger partial charge in [0.2, 0.25) is 0 Å². The molecule has 15 heavy (non-hydrogen) atoms. The highest BCUT2D eigenvalue weighted by molar-refractivity contribution is 7.99. The molecule has 0 aromatic carbocycles. The quantitative estimate of drug-likeness (QED) is 0.522. The molecular formula is C10H21NO2S2. The van der Waals surface area contributed by atoms with Crippen molar-refractivity contribution in [3.63, 3.8) is 0 Å². The van der Waals surface area contributed by atoms with Gasteiger partial charge in [-0.15, -0.1) is 6.58 Å². The van der Waals surface area contributed by atoms with Crippen molar-refractivity contribution in [2.45, 2.75) is 18.6 Å². The molecule has 0 atom stereocenters. The molecule has 0 rings (SSSR count). The van der Waals surface area contributed by atoms with E-state index in [1.54, 1.807) is 25.6 Å². The van der Waals surface area contributed by atoms with Gasteiger partial charge in [0.15, 0.2) is 9.84 Å². The third kappa shape index (κ3) is 6.22. The molecule has 3 nitrogen and oxygen atoms in total. The highest BCUT2D eigenvalue weighted by atomic mass is 32.2. The number of rotatable bonds is 8.